The number of benzene rings is 2. The van der Waals surface area contributed by atoms with Gasteiger partial charge in [-0.3, -0.25) is 4.79 Å². The van der Waals surface area contributed by atoms with Crippen LogP contribution < -0.4 is 4.90 Å². The van der Waals surface area contributed by atoms with E-state index in [0.717, 1.165) is 22.1 Å². The Hall–Kier alpha value is -1.66. The fourth-order valence-corrected chi connectivity index (χ4v) is 4.97. The summed E-state index contributed by atoms with van der Waals surface area (Å²) in [7, 11) is -3.53. The summed E-state index contributed by atoms with van der Waals surface area (Å²) in [5, 5.41) is 0. The fourth-order valence-electron chi connectivity index (χ4n) is 3.21. The van der Waals surface area contributed by atoms with Crippen molar-refractivity contribution in [2.75, 3.05) is 17.2 Å². The Morgan fingerprint density at radius 2 is 1.96 bits per heavy atom. The number of anilines is 1. The van der Waals surface area contributed by atoms with E-state index >= 15 is 0 Å². The molecule has 0 aliphatic carbocycles. The molecule has 4 nitrogen and oxygen atoms in total. The number of halogens is 1. The number of carbonyl (C=O) groups excluding carboxylic acids is 1. The van der Waals surface area contributed by atoms with Crippen LogP contribution in [-0.2, 0) is 20.4 Å². The first kappa shape index (κ1) is 18.1. The van der Waals surface area contributed by atoms with Gasteiger partial charge in [0.2, 0.25) is 5.91 Å². The zero-order valence-corrected chi connectivity index (χ0v) is 16.4. The van der Waals surface area contributed by atoms with E-state index in [1.54, 1.807) is 23.1 Å². The molecule has 1 heterocycles. The standard InChI is InChI=1S/C19H20BrNO3S/c1-14-9-10-21(18-8-3-2-7-17(14)18)19(22)13-25(23,24)12-15-5-4-6-16(20)11-15/h2-8,11,14H,9-10,12-13H2,1H3/t14-/m0/s1. The Morgan fingerprint density at radius 3 is 2.72 bits per heavy atom. The van der Waals surface area contributed by atoms with Gasteiger partial charge in [0.15, 0.2) is 9.84 Å². The van der Waals surface area contributed by atoms with Gasteiger partial charge >= 0.3 is 0 Å². The average molecular weight is 422 g/mol. The highest BCUT2D eigenvalue weighted by Gasteiger charge is 2.29. The predicted octanol–water partition coefficient (Wildman–Crippen LogP) is 3.90. The molecule has 0 saturated carbocycles. The number of hydrogen-bond acceptors (Lipinski definition) is 3. The lowest BCUT2D eigenvalue weighted by atomic mass is 9.91. The molecular weight excluding hydrogens is 402 g/mol. The molecule has 2 aromatic carbocycles. The molecule has 0 saturated heterocycles. The molecule has 0 N–H and O–H groups in total. The molecule has 0 unspecified atom stereocenters. The number of nitrogens with zero attached hydrogens (tertiary/aromatic N) is 1. The monoisotopic (exact) mass is 421 g/mol. The van der Waals surface area contributed by atoms with Crippen LogP contribution in [-0.4, -0.2) is 26.6 Å². The minimum Gasteiger partial charge on any atom is -0.311 e. The topological polar surface area (TPSA) is 54.5 Å². The molecule has 0 fully saturated rings. The molecule has 0 bridgehead atoms. The van der Waals surface area contributed by atoms with Gasteiger partial charge in [0.1, 0.15) is 5.75 Å². The van der Waals surface area contributed by atoms with E-state index in [1.807, 2.05) is 30.3 Å². The summed E-state index contributed by atoms with van der Waals surface area (Å²) in [5.74, 6) is -0.584. The molecule has 3 rings (SSSR count). The summed E-state index contributed by atoms with van der Waals surface area (Å²) in [5.41, 5.74) is 2.62. The van der Waals surface area contributed by atoms with Crippen molar-refractivity contribution in [2.24, 2.45) is 0 Å². The van der Waals surface area contributed by atoms with E-state index in [9.17, 15) is 13.2 Å². The molecule has 25 heavy (non-hydrogen) atoms. The van der Waals surface area contributed by atoms with Crippen LogP contribution in [0.2, 0.25) is 0 Å². The second-order valence-corrected chi connectivity index (χ2v) is 9.44. The largest absolute Gasteiger partial charge is 0.311 e. The molecule has 0 radical (unpaired) electrons. The van der Waals surface area contributed by atoms with Crippen LogP contribution in [0.1, 0.15) is 30.4 Å². The summed E-state index contributed by atoms with van der Waals surface area (Å²) < 4.78 is 25.8. The summed E-state index contributed by atoms with van der Waals surface area (Å²) in [4.78, 5) is 14.3. The van der Waals surface area contributed by atoms with Gasteiger partial charge in [-0.1, -0.05) is 53.2 Å². The van der Waals surface area contributed by atoms with Gasteiger partial charge in [-0.25, -0.2) is 8.42 Å². The molecule has 0 aromatic heterocycles. The quantitative estimate of drug-likeness (QED) is 0.751. The van der Waals surface area contributed by atoms with Crippen LogP contribution >= 0.6 is 15.9 Å². The zero-order valence-electron chi connectivity index (χ0n) is 14.0. The highest BCUT2D eigenvalue weighted by Crippen LogP contribution is 2.34. The molecule has 2 aromatic rings. The van der Waals surface area contributed by atoms with Crippen LogP contribution in [0.5, 0.6) is 0 Å². The Kier molecular flexibility index (Phi) is 5.29. The number of amides is 1. The zero-order chi connectivity index (χ0) is 18.0. The van der Waals surface area contributed by atoms with E-state index in [1.165, 1.54) is 0 Å². The summed E-state index contributed by atoms with van der Waals surface area (Å²) in [6.07, 6.45) is 0.842. The first-order valence-corrected chi connectivity index (χ1v) is 10.8. The van der Waals surface area contributed by atoms with Crippen molar-refractivity contribution in [3.63, 3.8) is 0 Å². The lowest BCUT2D eigenvalue weighted by molar-refractivity contribution is -0.116. The number of hydrogen-bond donors (Lipinski definition) is 0. The molecule has 1 amide bonds. The van der Waals surface area contributed by atoms with Crippen molar-refractivity contribution < 1.29 is 13.2 Å². The highest BCUT2D eigenvalue weighted by atomic mass is 79.9. The second kappa shape index (κ2) is 7.30. The molecule has 6 heteroatoms. The van der Waals surface area contributed by atoms with Gasteiger partial charge in [0.05, 0.1) is 5.75 Å². The average Bonchev–Trinajstić information content (AvgIpc) is 2.54. The number of rotatable bonds is 4. The van der Waals surface area contributed by atoms with Crippen molar-refractivity contribution in [2.45, 2.75) is 25.0 Å². The number of sulfone groups is 1. The summed E-state index contributed by atoms with van der Waals surface area (Å²) in [6, 6.07) is 14.9. The first-order chi connectivity index (χ1) is 11.9. The third-order valence-electron chi connectivity index (χ3n) is 4.46. The summed E-state index contributed by atoms with van der Waals surface area (Å²) >= 11 is 3.34. The fraction of sp³-hybridized carbons (Fsp3) is 0.316. The minimum atomic E-state index is -3.53. The molecule has 1 aliphatic heterocycles. The molecule has 0 spiro atoms. The molecule has 1 aliphatic rings. The predicted molar refractivity (Wildman–Crippen MR) is 103 cm³/mol. The third kappa shape index (κ3) is 4.30. The normalized spacial score (nSPS) is 17.2. The maximum absolute atomic E-state index is 12.7. The smallest absolute Gasteiger partial charge is 0.242 e. The van der Waals surface area contributed by atoms with Crippen molar-refractivity contribution in [3.05, 3.63) is 64.1 Å². The van der Waals surface area contributed by atoms with Crippen molar-refractivity contribution in [1.82, 2.24) is 0 Å². The van der Waals surface area contributed by atoms with Gasteiger partial charge in [-0.2, -0.15) is 0 Å². The number of para-hydroxylation sites is 1. The lowest BCUT2D eigenvalue weighted by Gasteiger charge is -2.32. The third-order valence-corrected chi connectivity index (χ3v) is 6.42. The maximum atomic E-state index is 12.7. The van der Waals surface area contributed by atoms with E-state index in [2.05, 4.69) is 22.9 Å². The first-order valence-electron chi connectivity index (χ1n) is 8.20. The van der Waals surface area contributed by atoms with Crippen molar-refractivity contribution in [1.29, 1.82) is 0 Å². The Balaban J connectivity index is 1.77. The minimum absolute atomic E-state index is 0.135. The van der Waals surface area contributed by atoms with Gasteiger partial charge in [0, 0.05) is 16.7 Å². The second-order valence-electron chi connectivity index (χ2n) is 6.46. The molecule has 1 atom stereocenters. The number of fused-ring (bicyclic) bond motifs is 1. The van der Waals surface area contributed by atoms with Gasteiger partial charge in [-0.15, -0.1) is 0 Å². The van der Waals surface area contributed by atoms with Gasteiger partial charge < -0.3 is 4.90 Å². The van der Waals surface area contributed by atoms with Crippen LogP contribution in [0.25, 0.3) is 0 Å². The highest BCUT2D eigenvalue weighted by molar-refractivity contribution is 9.10. The van der Waals surface area contributed by atoms with Crippen LogP contribution in [0.4, 0.5) is 5.69 Å². The van der Waals surface area contributed by atoms with Crippen LogP contribution in [0.15, 0.2) is 53.0 Å². The van der Waals surface area contributed by atoms with E-state index in [0.29, 0.717) is 18.0 Å². The van der Waals surface area contributed by atoms with Crippen LogP contribution in [0, 0.1) is 0 Å². The SMILES string of the molecule is C[C@H]1CCN(C(=O)CS(=O)(=O)Cc2cccc(Br)c2)c2ccccc21. The summed E-state index contributed by atoms with van der Waals surface area (Å²) in [6.45, 7) is 2.69. The molecule has 132 valence electrons. The Bertz CT molecular complexity index is 895. The van der Waals surface area contributed by atoms with Crippen molar-refractivity contribution >= 4 is 37.4 Å². The van der Waals surface area contributed by atoms with Crippen LogP contribution in [0.3, 0.4) is 0 Å². The van der Waals surface area contributed by atoms with Crippen molar-refractivity contribution in [3.8, 4) is 0 Å². The maximum Gasteiger partial charge on any atom is 0.242 e. The van der Waals surface area contributed by atoms with Gasteiger partial charge in [0.25, 0.3) is 0 Å². The molecular formula is C19H20BrNO3S. The van der Waals surface area contributed by atoms with E-state index in [-0.39, 0.29) is 11.7 Å². The van der Waals surface area contributed by atoms with E-state index < -0.39 is 15.6 Å². The Labute approximate surface area is 156 Å². The number of carbonyl (C=O) groups is 1. The van der Waals surface area contributed by atoms with E-state index in [4.69, 9.17) is 0 Å². The Morgan fingerprint density at radius 1 is 1.20 bits per heavy atom. The van der Waals surface area contributed by atoms with Gasteiger partial charge in [-0.05, 0) is 41.7 Å². The lowest BCUT2D eigenvalue weighted by Crippen LogP contribution is -2.40.